The number of piperidine rings is 1. The maximum Gasteiger partial charge on any atom is 0.224 e. The van der Waals surface area contributed by atoms with Gasteiger partial charge in [-0.1, -0.05) is 48.5 Å². The minimum absolute atomic E-state index is 0.116. The zero-order valence-electron chi connectivity index (χ0n) is 17.4. The molecular weight excluding hydrogens is 372 g/mol. The minimum Gasteiger partial charge on any atom is -0.457 e. The van der Waals surface area contributed by atoms with E-state index < -0.39 is 0 Å². The van der Waals surface area contributed by atoms with Crippen molar-refractivity contribution in [2.75, 3.05) is 18.0 Å². The van der Waals surface area contributed by atoms with Gasteiger partial charge in [-0.15, -0.1) is 0 Å². The molecule has 154 valence electrons. The van der Waals surface area contributed by atoms with Gasteiger partial charge in [-0.05, 0) is 54.8 Å². The number of hydrogen-bond donors (Lipinski definition) is 0. The molecule has 1 saturated heterocycles. The normalized spacial score (nSPS) is 15.0. The first-order chi connectivity index (χ1) is 14.7. The Hall–Kier alpha value is -3.11. The number of benzene rings is 3. The van der Waals surface area contributed by atoms with E-state index in [1.165, 1.54) is 5.56 Å². The van der Waals surface area contributed by atoms with Crippen LogP contribution in [0.2, 0.25) is 0 Å². The quantitative estimate of drug-likeness (QED) is 0.548. The van der Waals surface area contributed by atoms with Crippen LogP contribution in [0, 0.1) is 0 Å². The molecule has 0 N–H and O–H groups in total. The summed E-state index contributed by atoms with van der Waals surface area (Å²) in [7, 11) is 0. The highest BCUT2D eigenvalue weighted by molar-refractivity contribution is 5.92. The van der Waals surface area contributed by atoms with Gasteiger partial charge in [0.15, 0.2) is 0 Å². The molecule has 3 aromatic carbocycles. The lowest BCUT2D eigenvalue weighted by Crippen LogP contribution is -2.46. The minimum atomic E-state index is 0.116. The monoisotopic (exact) mass is 400 g/mol. The highest BCUT2D eigenvalue weighted by Gasteiger charge is 2.27. The zero-order chi connectivity index (χ0) is 20.8. The first kappa shape index (κ1) is 20.2. The van der Waals surface area contributed by atoms with Crippen LogP contribution in [0.15, 0.2) is 84.9 Å². The molecular formula is C26H28N2O2. The number of para-hydroxylation sites is 2. The van der Waals surface area contributed by atoms with Gasteiger partial charge in [0.05, 0.1) is 0 Å². The zero-order valence-corrected chi connectivity index (χ0v) is 17.4. The third kappa shape index (κ3) is 5.08. The Bertz CT molecular complexity index is 951. The number of nitrogens with zero attached hydrogens (tertiary/aromatic N) is 2. The van der Waals surface area contributed by atoms with Crippen molar-refractivity contribution in [3.8, 4) is 11.5 Å². The van der Waals surface area contributed by atoms with Gasteiger partial charge in [0.1, 0.15) is 11.5 Å². The molecule has 4 rings (SSSR count). The van der Waals surface area contributed by atoms with E-state index in [0.29, 0.717) is 0 Å². The van der Waals surface area contributed by atoms with Crippen molar-refractivity contribution in [3.63, 3.8) is 0 Å². The number of ether oxygens (including phenoxy) is 1. The molecule has 1 fully saturated rings. The van der Waals surface area contributed by atoms with Gasteiger partial charge in [0, 0.05) is 38.3 Å². The summed E-state index contributed by atoms with van der Waals surface area (Å²) in [4.78, 5) is 16.7. The molecule has 0 radical (unpaired) electrons. The number of carbonyl (C=O) groups excluding carboxylic acids is 1. The molecule has 0 bridgehead atoms. The van der Waals surface area contributed by atoms with E-state index in [-0.39, 0.29) is 11.9 Å². The fraction of sp³-hybridized carbons (Fsp3) is 0.269. The number of likely N-dealkylation sites (tertiary alicyclic amines) is 1. The summed E-state index contributed by atoms with van der Waals surface area (Å²) in [5, 5.41) is 0. The summed E-state index contributed by atoms with van der Waals surface area (Å²) < 4.78 is 5.97. The molecule has 0 spiro atoms. The molecule has 0 saturated carbocycles. The summed E-state index contributed by atoms with van der Waals surface area (Å²) in [5.74, 6) is 1.83. The van der Waals surface area contributed by atoms with Gasteiger partial charge in [0.25, 0.3) is 0 Å². The van der Waals surface area contributed by atoms with Crippen molar-refractivity contribution in [1.82, 2.24) is 4.90 Å². The third-order valence-corrected chi connectivity index (χ3v) is 5.58. The van der Waals surface area contributed by atoms with E-state index >= 15 is 0 Å². The van der Waals surface area contributed by atoms with E-state index in [0.717, 1.165) is 49.7 Å². The number of anilines is 1. The Morgan fingerprint density at radius 1 is 0.900 bits per heavy atom. The van der Waals surface area contributed by atoms with Crippen molar-refractivity contribution in [2.45, 2.75) is 32.4 Å². The lowest BCUT2D eigenvalue weighted by atomic mass is 10.0. The van der Waals surface area contributed by atoms with Crippen molar-refractivity contribution in [3.05, 3.63) is 90.5 Å². The predicted octanol–water partition coefficient (Wildman–Crippen LogP) is 5.50. The second kappa shape index (κ2) is 9.59. The smallest absolute Gasteiger partial charge is 0.224 e. The number of amides is 1. The Morgan fingerprint density at radius 3 is 2.20 bits per heavy atom. The van der Waals surface area contributed by atoms with E-state index in [1.54, 1.807) is 6.92 Å². The molecule has 0 aromatic heterocycles. The van der Waals surface area contributed by atoms with E-state index in [2.05, 4.69) is 17.0 Å². The van der Waals surface area contributed by atoms with Crippen molar-refractivity contribution >= 4 is 11.6 Å². The van der Waals surface area contributed by atoms with Crippen LogP contribution in [0.25, 0.3) is 0 Å². The van der Waals surface area contributed by atoms with E-state index in [1.807, 2.05) is 77.7 Å². The third-order valence-electron chi connectivity index (χ3n) is 5.58. The molecule has 4 heteroatoms. The molecule has 3 aromatic rings. The average molecular weight is 401 g/mol. The first-order valence-electron chi connectivity index (χ1n) is 10.6. The van der Waals surface area contributed by atoms with Crippen LogP contribution >= 0.6 is 0 Å². The van der Waals surface area contributed by atoms with Gasteiger partial charge in [-0.25, -0.2) is 0 Å². The van der Waals surface area contributed by atoms with Gasteiger partial charge in [0.2, 0.25) is 5.91 Å². The van der Waals surface area contributed by atoms with Crippen LogP contribution in [-0.2, 0) is 11.3 Å². The van der Waals surface area contributed by atoms with E-state index in [9.17, 15) is 4.79 Å². The molecule has 4 nitrogen and oxygen atoms in total. The lowest BCUT2D eigenvalue weighted by Gasteiger charge is -2.38. The Labute approximate surface area is 178 Å². The largest absolute Gasteiger partial charge is 0.457 e. The molecule has 1 aliphatic rings. The van der Waals surface area contributed by atoms with Crippen LogP contribution in [-0.4, -0.2) is 29.9 Å². The van der Waals surface area contributed by atoms with Gasteiger partial charge >= 0.3 is 0 Å². The standard InChI is InChI=1S/C26H28N2O2/c1-21(29)28(23-10-4-2-5-11-23)24-15-17-27(18-16-24)20-22-9-8-14-26(19-22)30-25-12-6-3-7-13-25/h2-14,19,24H,15-18,20H2,1H3. The summed E-state index contributed by atoms with van der Waals surface area (Å²) in [6, 6.07) is 28.4. The number of carbonyl (C=O) groups is 1. The molecule has 30 heavy (non-hydrogen) atoms. The Balaban J connectivity index is 1.36. The maximum atomic E-state index is 12.3. The van der Waals surface area contributed by atoms with Crippen LogP contribution < -0.4 is 9.64 Å². The highest BCUT2D eigenvalue weighted by Crippen LogP contribution is 2.26. The second-order valence-electron chi connectivity index (χ2n) is 7.79. The number of hydrogen-bond acceptors (Lipinski definition) is 3. The van der Waals surface area contributed by atoms with Gasteiger partial charge in [-0.3, -0.25) is 9.69 Å². The van der Waals surface area contributed by atoms with Gasteiger partial charge < -0.3 is 9.64 Å². The fourth-order valence-corrected chi connectivity index (χ4v) is 4.16. The average Bonchev–Trinajstić information content (AvgIpc) is 2.77. The summed E-state index contributed by atoms with van der Waals surface area (Å²) in [5.41, 5.74) is 2.24. The maximum absolute atomic E-state index is 12.3. The molecule has 1 heterocycles. The van der Waals surface area contributed by atoms with Crippen molar-refractivity contribution in [1.29, 1.82) is 0 Å². The molecule has 0 unspecified atom stereocenters. The summed E-state index contributed by atoms with van der Waals surface area (Å²) in [6.07, 6.45) is 1.96. The molecule has 1 aliphatic heterocycles. The SMILES string of the molecule is CC(=O)N(c1ccccc1)C1CCN(Cc2cccc(Oc3ccccc3)c2)CC1. The number of rotatable bonds is 6. The van der Waals surface area contributed by atoms with Crippen LogP contribution in [0.5, 0.6) is 11.5 Å². The molecule has 0 aliphatic carbocycles. The second-order valence-corrected chi connectivity index (χ2v) is 7.79. The fourth-order valence-electron chi connectivity index (χ4n) is 4.16. The molecule has 1 amide bonds. The van der Waals surface area contributed by atoms with Gasteiger partial charge in [-0.2, -0.15) is 0 Å². The van der Waals surface area contributed by atoms with Crippen LogP contribution in [0.1, 0.15) is 25.3 Å². The Kier molecular flexibility index (Phi) is 6.45. The summed E-state index contributed by atoms with van der Waals surface area (Å²) in [6.45, 7) is 4.51. The van der Waals surface area contributed by atoms with Crippen LogP contribution in [0.3, 0.4) is 0 Å². The van der Waals surface area contributed by atoms with Crippen molar-refractivity contribution in [2.24, 2.45) is 0 Å². The lowest BCUT2D eigenvalue weighted by molar-refractivity contribution is -0.117. The first-order valence-corrected chi connectivity index (χ1v) is 10.6. The Morgan fingerprint density at radius 2 is 1.53 bits per heavy atom. The molecule has 0 atom stereocenters. The summed E-state index contributed by atoms with van der Waals surface area (Å²) >= 11 is 0. The predicted molar refractivity (Wildman–Crippen MR) is 121 cm³/mol. The topological polar surface area (TPSA) is 32.8 Å². The van der Waals surface area contributed by atoms with Crippen molar-refractivity contribution < 1.29 is 9.53 Å². The highest BCUT2D eigenvalue weighted by atomic mass is 16.5. The van der Waals surface area contributed by atoms with E-state index in [4.69, 9.17) is 4.74 Å². The van der Waals surface area contributed by atoms with Crippen LogP contribution in [0.4, 0.5) is 5.69 Å².